The van der Waals surface area contributed by atoms with Gasteiger partial charge in [0, 0.05) is 30.8 Å². The van der Waals surface area contributed by atoms with E-state index in [4.69, 9.17) is 10.2 Å². The van der Waals surface area contributed by atoms with E-state index < -0.39 is 17.9 Å². The molecule has 108 valence electrons. The van der Waals surface area contributed by atoms with Gasteiger partial charge in [-0.1, -0.05) is 6.07 Å². The molecule has 0 radical (unpaired) electrons. The Hall–Kier alpha value is -2.08. The number of carbonyl (C=O) groups is 2. The van der Waals surface area contributed by atoms with Crippen molar-refractivity contribution in [1.82, 2.24) is 5.32 Å². The van der Waals surface area contributed by atoms with Crippen LogP contribution in [0.15, 0.2) is 18.2 Å². The Morgan fingerprint density at radius 3 is 2.90 bits per heavy atom. The molecule has 1 aromatic rings. The summed E-state index contributed by atoms with van der Waals surface area (Å²) in [7, 11) is 0. The minimum Gasteiger partial charge on any atom is -0.480 e. The van der Waals surface area contributed by atoms with Crippen LogP contribution in [0.5, 0.6) is 0 Å². The number of hydrogen-bond acceptors (Lipinski definition) is 4. The molecular weight excluding hydrogens is 260 g/mol. The minimum atomic E-state index is -1.14. The number of aliphatic hydroxyl groups is 1. The van der Waals surface area contributed by atoms with E-state index in [1.165, 1.54) is 0 Å². The topological polar surface area (TPSA) is 98.7 Å². The average molecular weight is 278 g/mol. The fraction of sp³-hybridized carbons (Fsp3) is 0.429. The number of fused-ring (bicyclic) bond motifs is 1. The Balaban J connectivity index is 2.19. The molecule has 0 saturated heterocycles. The molecule has 0 aromatic heterocycles. The van der Waals surface area contributed by atoms with E-state index in [0.717, 1.165) is 30.6 Å². The quantitative estimate of drug-likeness (QED) is 0.632. The van der Waals surface area contributed by atoms with Gasteiger partial charge in [0.05, 0.1) is 0 Å². The number of rotatable bonds is 5. The number of carboxylic acids is 1. The lowest BCUT2D eigenvalue weighted by molar-refractivity contribution is -0.139. The predicted molar refractivity (Wildman–Crippen MR) is 73.8 cm³/mol. The SMILES string of the molecule is O=C(NC(CCO)C(=O)O)c1cccc2c1CCCN2. The first-order valence-electron chi connectivity index (χ1n) is 6.63. The number of anilines is 1. The lowest BCUT2D eigenvalue weighted by atomic mass is 9.97. The van der Waals surface area contributed by atoms with Crippen LogP contribution in [0.2, 0.25) is 0 Å². The number of aliphatic hydroxyl groups excluding tert-OH is 1. The molecule has 1 unspecified atom stereocenters. The van der Waals surface area contributed by atoms with E-state index in [0.29, 0.717) is 5.56 Å². The molecule has 6 heteroatoms. The zero-order valence-corrected chi connectivity index (χ0v) is 11.1. The third-order valence-corrected chi connectivity index (χ3v) is 3.36. The number of benzene rings is 1. The van der Waals surface area contributed by atoms with Gasteiger partial charge in [0.15, 0.2) is 0 Å². The zero-order chi connectivity index (χ0) is 14.5. The molecule has 1 amide bonds. The van der Waals surface area contributed by atoms with Crippen molar-refractivity contribution in [2.75, 3.05) is 18.5 Å². The molecule has 1 aromatic carbocycles. The summed E-state index contributed by atoms with van der Waals surface area (Å²) in [6, 6.07) is 4.31. The number of nitrogens with one attached hydrogen (secondary N) is 2. The standard InChI is InChI=1S/C14H18N2O4/c17-8-6-12(14(19)20)16-13(18)10-3-1-5-11-9(10)4-2-7-15-11/h1,3,5,12,15,17H,2,4,6-8H2,(H,16,18)(H,19,20). The second-order valence-electron chi connectivity index (χ2n) is 4.74. The Bertz CT molecular complexity index is 516. The van der Waals surface area contributed by atoms with E-state index in [2.05, 4.69) is 10.6 Å². The number of carbonyl (C=O) groups excluding carboxylic acids is 1. The summed E-state index contributed by atoms with van der Waals surface area (Å²) in [5, 5.41) is 23.5. The molecule has 6 nitrogen and oxygen atoms in total. The lowest BCUT2D eigenvalue weighted by Gasteiger charge is -2.21. The highest BCUT2D eigenvalue weighted by atomic mass is 16.4. The van der Waals surface area contributed by atoms with Gasteiger partial charge in [0.1, 0.15) is 6.04 Å². The van der Waals surface area contributed by atoms with Gasteiger partial charge in [0.2, 0.25) is 0 Å². The molecular formula is C14H18N2O4. The van der Waals surface area contributed by atoms with Crippen LogP contribution in [0.4, 0.5) is 5.69 Å². The van der Waals surface area contributed by atoms with Crippen LogP contribution < -0.4 is 10.6 Å². The third-order valence-electron chi connectivity index (χ3n) is 3.36. The summed E-state index contributed by atoms with van der Waals surface area (Å²) >= 11 is 0. The minimum absolute atomic E-state index is 0.00561. The van der Waals surface area contributed by atoms with Crippen LogP contribution in [0.25, 0.3) is 0 Å². The van der Waals surface area contributed by atoms with Crippen molar-refractivity contribution in [3.8, 4) is 0 Å². The fourth-order valence-electron chi connectivity index (χ4n) is 2.35. The van der Waals surface area contributed by atoms with Crippen molar-refractivity contribution < 1.29 is 19.8 Å². The van der Waals surface area contributed by atoms with Crippen LogP contribution in [-0.2, 0) is 11.2 Å². The molecule has 1 aliphatic heterocycles. The Labute approximate surface area is 116 Å². The zero-order valence-electron chi connectivity index (χ0n) is 11.1. The van der Waals surface area contributed by atoms with Gasteiger partial charge >= 0.3 is 5.97 Å². The first kappa shape index (κ1) is 14.3. The maximum atomic E-state index is 12.2. The summed E-state index contributed by atoms with van der Waals surface area (Å²) in [4.78, 5) is 23.2. The Morgan fingerprint density at radius 1 is 1.40 bits per heavy atom. The van der Waals surface area contributed by atoms with Crippen molar-refractivity contribution in [1.29, 1.82) is 0 Å². The molecule has 1 atom stereocenters. The van der Waals surface area contributed by atoms with Gasteiger partial charge in [-0.15, -0.1) is 0 Å². The van der Waals surface area contributed by atoms with E-state index >= 15 is 0 Å². The first-order valence-corrected chi connectivity index (χ1v) is 6.63. The second kappa shape index (κ2) is 6.38. The van der Waals surface area contributed by atoms with Crippen molar-refractivity contribution >= 4 is 17.6 Å². The summed E-state index contributed by atoms with van der Waals surface area (Å²) in [6.45, 7) is 0.589. The van der Waals surface area contributed by atoms with Crippen molar-refractivity contribution in [2.24, 2.45) is 0 Å². The van der Waals surface area contributed by atoms with E-state index in [1.54, 1.807) is 12.1 Å². The highest BCUT2D eigenvalue weighted by Gasteiger charge is 2.23. The molecule has 2 rings (SSSR count). The molecule has 1 aliphatic rings. The van der Waals surface area contributed by atoms with Crippen LogP contribution >= 0.6 is 0 Å². The van der Waals surface area contributed by atoms with Crippen molar-refractivity contribution in [2.45, 2.75) is 25.3 Å². The predicted octanol–water partition coefficient (Wildman–Crippen LogP) is 0.610. The maximum absolute atomic E-state index is 12.2. The lowest BCUT2D eigenvalue weighted by Crippen LogP contribution is -2.41. The largest absolute Gasteiger partial charge is 0.480 e. The Kier molecular flexibility index (Phi) is 4.57. The highest BCUT2D eigenvalue weighted by Crippen LogP contribution is 2.25. The number of aliphatic carboxylic acids is 1. The maximum Gasteiger partial charge on any atom is 0.326 e. The summed E-state index contributed by atoms with van der Waals surface area (Å²) in [6.07, 6.45) is 1.73. The molecule has 0 aliphatic carbocycles. The van der Waals surface area contributed by atoms with Gasteiger partial charge in [-0.05, 0) is 30.5 Å². The number of amides is 1. The van der Waals surface area contributed by atoms with Crippen LogP contribution in [0, 0.1) is 0 Å². The number of carboxylic acid groups (broad SMARTS) is 1. The van der Waals surface area contributed by atoms with Crippen molar-refractivity contribution in [3.05, 3.63) is 29.3 Å². The second-order valence-corrected chi connectivity index (χ2v) is 4.74. The molecule has 0 fully saturated rings. The third kappa shape index (κ3) is 3.08. The van der Waals surface area contributed by atoms with Gasteiger partial charge in [-0.2, -0.15) is 0 Å². The molecule has 0 spiro atoms. The van der Waals surface area contributed by atoms with E-state index in [1.807, 2.05) is 6.07 Å². The monoisotopic (exact) mass is 278 g/mol. The molecule has 0 saturated carbocycles. The van der Waals surface area contributed by atoms with Gasteiger partial charge in [0.25, 0.3) is 5.91 Å². The molecule has 20 heavy (non-hydrogen) atoms. The van der Waals surface area contributed by atoms with Crippen LogP contribution in [0.3, 0.4) is 0 Å². The first-order chi connectivity index (χ1) is 9.63. The summed E-state index contributed by atoms with van der Waals surface area (Å²) in [5.41, 5.74) is 2.35. The fourth-order valence-corrected chi connectivity index (χ4v) is 2.35. The van der Waals surface area contributed by atoms with Crippen LogP contribution in [-0.4, -0.2) is 41.3 Å². The van der Waals surface area contributed by atoms with Gasteiger partial charge < -0.3 is 20.8 Å². The van der Waals surface area contributed by atoms with Gasteiger partial charge in [-0.3, -0.25) is 4.79 Å². The summed E-state index contributed by atoms with van der Waals surface area (Å²) in [5.74, 6) is -1.55. The highest BCUT2D eigenvalue weighted by molar-refractivity contribution is 5.99. The Morgan fingerprint density at radius 2 is 2.20 bits per heavy atom. The molecule has 1 heterocycles. The van der Waals surface area contributed by atoms with Crippen LogP contribution in [0.1, 0.15) is 28.8 Å². The molecule has 4 N–H and O–H groups in total. The number of hydrogen-bond donors (Lipinski definition) is 4. The smallest absolute Gasteiger partial charge is 0.326 e. The average Bonchev–Trinajstić information content (AvgIpc) is 2.46. The summed E-state index contributed by atoms with van der Waals surface area (Å²) < 4.78 is 0. The normalized spacial score (nSPS) is 14.8. The van der Waals surface area contributed by atoms with E-state index in [-0.39, 0.29) is 13.0 Å². The van der Waals surface area contributed by atoms with E-state index in [9.17, 15) is 9.59 Å². The van der Waals surface area contributed by atoms with Gasteiger partial charge in [-0.25, -0.2) is 4.79 Å². The molecule has 0 bridgehead atoms. The van der Waals surface area contributed by atoms with Crippen molar-refractivity contribution in [3.63, 3.8) is 0 Å².